The number of nitrogens with zero attached hydrogens (tertiary/aromatic N) is 3. The highest BCUT2D eigenvalue weighted by molar-refractivity contribution is 9.10. The number of hydrogen-bond acceptors (Lipinski definition) is 5. The molecule has 0 spiro atoms. The second kappa shape index (κ2) is 11.0. The highest BCUT2D eigenvalue weighted by Crippen LogP contribution is 2.36. The molecule has 0 saturated carbocycles. The van der Waals surface area contributed by atoms with Gasteiger partial charge in [0.2, 0.25) is 0 Å². The predicted molar refractivity (Wildman–Crippen MR) is 139 cm³/mol. The van der Waals surface area contributed by atoms with Crippen molar-refractivity contribution in [3.05, 3.63) is 97.2 Å². The summed E-state index contributed by atoms with van der Waals surface area (Å²) in [5.74, 6) is 0.842. The molecule has 4 rings (SSSR count). The maximum absolute atomic E-state index is 13.9. The van der Waals surface area contributed by atoms with Gasteiger partial charge in [-0.3, -0.25) is 4.79 Å². The Kier molecular flexibility index (Phi) is 7.83. The smallest absolute Gasteiger partial charge is 0.282 e. The Labute approximate surface area is 215 Å². The van der Waals surface area contributed by atoms with Gasteiger partial charge in [-0.05, 0) is 48.4 Å². The molecule has 0 fully saturated rings. The maximum atomic E-state index is 13.9. The number of aromatic nitrogens is 2. The van der Waals surface area contributed by atoms with Crippen LogP contribution in [0.5, 0.6) is 11.5 Å². The fraction of sp³-hybridized carbons (Fsp3) is 0.192. The number of hydrogen-bond donors (Lipinski definition) is 0. The van der Waals surface area contributed by atoms with E-state index in [1.165, 1.54) is 24.1 Å². The Hall–Kier alpha value is -3.23. The number of methoxy groups -OCH3 is 1. The van der Waals surface area contributed by atoms with Crippen molar-refractivity contribution < 1.29 is 13.9 Å². The van der Waals surface area contributed by atoms with Gasteiger partial charge < -0.3 is 9.47 Å². The molecule has 180 valence electrons. The van der Waals surface area contributed by atoms with Gasteiger partial charge in [0.1, 0.15) is 18.2 Å². The second-order valence-electron chi connectivity index (χ2n) is 7.72. The highest BCUT2D eigenvalue weighted by atomic mass is 79.9. The van der Waals surface area contributed by atoms with E-state index in [1.54, 1.807) is 42.5 Å². The first-order chi connectivity index (χ1) is 16.9. The number of halogens is 3. The van der Waals surface area contributed by atoms with Crippen LogP contribution in [-0.2, 0) is 13.0 Å². The third kappa shape index (κ3) is 5.55. The second-order valence-corrected chi connectivity index (χ2v) is 9.04. The summed E-state index contributed by atoms with van der Waals surface area (Å²) in [7, 11) is 1.48. The molecule has 35 heavy (non-hydrogen) atoms. The third-order valence-corrected chi connectivity index (χ3v) is 6.03. The van der Waals surface area contributed by atoms with Gasteiger partial charge in [-0.15, -0.1) is 0 Å². The molecule has 0 atom stereocenters. The van der Waals surface area contributed by atoms with Crippen molar-refractivity contribution in [3.63, 3.8) is 0 Å². The monoisotopic (exact) mass is 557 g/mol. The Bertz CT molecular complexity index is 1470. The van der Waals surface area contributed by atoms with E-state index in [2.05, 4.69) is 26.0 Å². The molecule has 0 bridgehead atoms. The molecule has 0 radical (unpaired) electrons. The van der Waals surface area contributed by atoms with Gasteiger partial charge in [0.15, 0.2) is 11.5 Å². The summed E-state index contributed by atoms with van der Waals surface area (Å²) in [5.41, 5.74) is 1.34. The summed E-state index contributed by atoms with van der Waals surface area (Å²) in [6, 6.07) is 15.1. The van der Waals surface area contributed by atoms with Gasteiger partial charge in [0, 0.05) is 16.5 Å². The summed E-state index contributed by atoms with van der Waals surface area (Å²) >= 11 is 9.86. The summed E-state index contributed by atoms with van der Waals surface area (Å²) in [6.45, 7) is 2.00. The van der Waals surface area contributed by atoms with Crippen LogP contribution in [0.1, 0.15) is 30.3 Å². The van der Waals surface area contributed by atoms with Crippen molar-refractivity contribution in [1.82, 2.24) is 9.66 Å². The first kappa shape index (κ1) is 24.9. The number of rotatable bonds is 8. The van der Waals surface area contributed by atoms with E-state index in [9.17, 15) is 9.18 Å². The molecular formula is C26H22BrClFN3O3. The van der Waals surface area contributed by atoms with Gasteiger partial charge in [0.05, 0.1) is 29.2 Å². The van der Waals surface area contributed by atoms with Crippen LogP contribution in [0.2, 0.25) is 5.02 Å². The molecule has 0 aliphatic carbocycles. The van der Waals surface area contributed by atoms with Crippen LogP contribution in [0.15, 0.2) is 69.0 Å². The zero-order chi connectivity index (χ0) is 24.9. The quantitative estimate of drug-likeness (QED) is 0.236. The molecule has 6 nitrogen and oxygen atoms in total. The number of fused-ring (bicyclic) bond motifs is 1. The first-order valence-electron chi connectivity index (χ1n) is 10.9. The van der Waals surface area contributed by atoms with Crippen LogP contribution in [0.3, 0.4) is 0 Å². The van der Waals surface area contributed by atoms with Crippen LogP contribution < -0.4 is 15.0 Å². The van der Waals surface area contributed by atoms with Gasteiger partial charge >= 0.3 is 0 Å². The molecule has 0 aliphatic rings. The van der Waals surface area contributed by atoms with Gasteiger partial charge in [-0.2, -0.15) is 9.78 Å². The largest absolute Gasteiger partial charge is 0.493 e. The van der Waals surface area contributed by atoms with Crippen molar-refractivity contribution in [2.45, 2.75) is 26.4 Å². The van der Waals surface area contributed by atoms with Crippen LogP contribution >= 0.6 is 27.5 Å². The van der Waals surface area contributed by atoms with Gasteiger partial charge in [-0.1, -0.05) is 52.7 Å². The normalized spacial score (nSPS) is 11.3. The molecule has 3 aromatic carbocycles. The third-order valence-electron chi connectivity index (χ3n) is 5.25. The predicted octanol–water partition coefficient (Wildman–Crippen LogP) is 6.37. The van der Waals surface area contributed by atoms with Crippen molar-refractivity contribution in [2.75, 3.05) is 7.11 Å². The number of aryl methyl sites for hydroxylation is 1. The SMILES string of the molecule is CCCc1nc2ccc(Br)cc2c(=O)n1N=Cc1cc(Cl)c(OCc2ccccc2F)c(OC)c1. The van der Waals surface area contributed by atoms with Crippen LogP contribution in [0.25, 0.3) is 10.9 Å². The van der Waals surface area contributed by atoms with Crippen LogP contribution in [0, 0.1) is 5.82 Å². The lowest BCUT2D eigenvalue weighted by Crippen LogP contribution is -2.22. The van der Waals surface area contributed by atoms with E-state index in [0.29, 0.717) is 40.0 Å². The lowest BCUT2D eigenvalue weighted by Gasteiger charge is -2.14. The zero-order valence-electron chi connectivity index (χ0n) is 19.1. The molecule has 0 amide bonds. The first-order valence-corrected chi connectivity index (χ1v) is 12.1. The fourth-order valence-electron chi connectivity index (χ4n) is 3.54. The molecule has 1 aromatic heterocycles. The summed E-state index contributed by atoms with van der Waals surface area (Å²) in [6.07, 6.45) is 2.91. The lowest BCUT2D eigenvalue weighted by molar-refractivity contribution is 0.280. The molecular weight excluding hydrogens is 537 g/mol. The van der Waals surface area contributed by atoms with Crippen LogP contribution in [-0.4, -0.2) is 23.0 Å². The average Bonchev–Trinajstić information content (AvgIpc) is 2.84. The van der Waals surface area contributed by atoms with E-state index in [-0.39, 0.29) is 28.8 Å². The highest BCUT2D eigenvalue weighted by Gasteiger charge is 2.14. The Morgan fingerprint density at radius 1 is 1.20 bits per heavy atom. The maximum Gasteiger partial charge on any atom is 0.282 e. The molecule has 0 saturated heterocycles. The zero-order valence-corrected chi connectivity index (χ0v) is 21.4. The van der Waals surface area contributed by atoms with E-state index in [4.69, 9.17) is 21.1 Å². The summed E-state index contributed by atoms with van der Waals surface area (Å²) < 4.78 is 27.2. The molecule has 0 aliphatic heterocycles. The summed E-state index contributed by atoms with van der Waals surface area (Å²) in [4.78, 5) is 17.8. The van der Waals surface area contributed by atoms with E-state index < -0.39 is 0 Å². The van der Waals surface area contributed by atoms with Crippen molar-refractivity contribution >= 4 is 44.6 Å². The molecule has 0 N–H and O–H groups in total. The van der Waals surface area contributed by atoms with E-state index in [1.807, 2.05) is 13.0 Å². The molecule has 4 aromatic rings. The van der Waals surface area contributed by atoms with E-state index >= 15 is 0 Å². The lowest BCUT2D eigenvalue weighted by atomic mass is 10.2. The fourth-order valence-corrected chi connectivity index (χ4v) is 4.18. The molecule has 0 unspecified atom stereocenters. The Balaban J connectivity index is 1.68. The van der Waals surface area contributed by atoms with Crippen LogP contribution in [0.4, 0.5) is 4.39 Å². The van der Waals surface area contributed by atoms with Crippen molar-refractivity contribution in [2.24, 2.45) is 5.10 Å². The van der Waals surface area contributed by atoms with Crippen molar-refractivity contribution in [1.29, 1.82) is 0 Å². The average molecular weight is 559 g/mol. The topological polar surface area (TPSA) is 65.7 Å². The number of benzene rings is 3. The Morgan fingerprint density at radius 2 is 2.00 bits per heavy atom. The molecule has 9 heteroatoms. The minimum absolute atomic E-state index is 0.00964. The summed E-state index contributed by atoms with van der Waals surface area (Å²) in [5, 5.41) is 5.15. The van der Waals surface area contributed by atoms with Gasteiger partial charge in [0.25, 0.3) is 5.56 Å². The Morgan fingerprint density at radius 3 is 2.74 bits per heavy atom. The minimum atomic E-state index is -0.365. The van der Waals surface area contributed by atoms with E-state index in [0.717, 1.165) is 10.9 Å². The van der Waals surface area contributed by atoms with Crippen molar-refractivity contribution in [3.8, 4) is 11.5 Å². The standard InChI is InChI=1S/C26H22BrClFN3O3/c1-3-6-24-31-22-10-9-18(27)13-19(22)26(33)32(24)30-14-16-11-20(28)25(23(12-16)34-2)35-15-17-7-4-5-8-21(17)29/h4-5,7-14H,3,6,15H2,1-2H3. The van der Waals surface area contributed by atoms with Gasteiger partial charge in [-0.25, -0.2) is 9.37 Å². The number of ether oxygens (including phenoxy) is 2. The minimum Gasteiger partial charge on any atom is -0.493 e. The molecule has 1 heterocycles.